The molecule has 1 N–H and O–H groups in total. The molecule has 1 fully saturated rings. The Hall–Kier alpha value is -2.58. The first kappa shape index (κ1) is 21.3. The van der Waals surface area contributed by atoms with Crippen LogP contribution in [0.5, 0.6) is 0 Å². The molecule has 5 rings (SSSR count). The zero-order chi connectivity index (χ0) is 22.1. The quantitative estimate of drug-likeness (QED) is 0.747. The van der Waals surface area contributed by atoms with Crippen LogP contribution in [0.3, 0.4) is 0 Å². The highest BCUT2D eigenvalue weighted by molar-refractivity contribution is 8.15. The third-order valence-electron chi connectivity index (χ3n) is 6.09. The molecule has 2 aromatic rings. The van der Waals surface area contributed by atoms with Crippen molar-refractivity contribution in [2.75, 3.05) is 29.9 Å². The van der Waals surface area contributed by atoms with E-state index in [1.165, 1.54) is 22.9 Å². The lowest BCUT2D eigenvalue weighted by Gasteiger charge is -2.27. The highest BCUT2D eigenvalue weighted by Crippen LogP contribution is 2.34. The lowest BCUT2D eigenvalue weighted by atomic mass is 9.99. The fraction of sp³-hybridized carbons (Fsp3) is 0.333. The number of nitrogens with one attached hydrogen (secondary N) is 1. The number of nitrogens with zero attached hydrogens (tertiary/aromatic N) is 2. The van der Waals surface area contributed by atoms with Crippen LogP contribution in [-0.2, 0) is 21.1 Å². The lowest BCUT2D eigenvalue weighted by molar-refractivity contribution is -0.130. The van der Waals surface area contributed by atoms with Crippen molar-refractivity contribution < 1.29 is 13.2 Å². The van der Waals surface area contributed by atoms with E-state index in [-0.39, 0.29) is 28.7 Å². The van der Waals surface area contributed by atoms with Crippen LogP contribution in [0.2, 0.25) is 0 Å². The van der Waals surface area contributed by atoms with Gasteiger partial charge in [-0.2, -0.15) is 0 Å². The standard InChI is InChI=1S/C24H25N3O3S2/c28-23(27-12-10-19(11-13-27)18-4-2-1-3-5-18)14-17-6-8-20(9-7-17)25-24-26-21-15-32(29,30)16-22(21)31-24/h1-10,21-22H,11-16H2,(H,25,26). The van der Waals surface area contributed by atoms with Gasteiger partial charge >= 0.3 is 0 Å². The van der Waals surface area contributed by atoms with Gasteiger partial charge in [0.1, 0.15) is 0 Å². The molecule has 0 aromatic heterocycles. The molecular formula is C24H25N3O3S2. The number of hydrogen-bond donors (Lipinski definition) is 1. The van der Waals surface area contributed by atoms with E-state index in [9.17, 15) is 13.2 Å². The highest BCUT2D eigenvalue weighted by Gasteiger charge is 2.42. The number of aliphatic imine (C=N–C) groups is 1. The Balaban J connectivity index is 1.14. The van der Waals surface area contributed by atoms with E-state index < -0.39 is 9.84 Å². The first-order valence-electron chi connectivity index (χ1n) is 10.8. The van der Waals surface area contributed by atoms with Crippen molar-refractivity contribution in [1.82, 2.24) is 4.90 Å². The fourth-order valence-corrected chi connectivity index (χ4v) is 8.02. The number of anilines is 1. The number of sulfone groups is 1. The van der Waals surface area contributed by atoms with Gasteiger partial charge in [0, 0.05) is 24.0 Å². The molecule has 1 saturated heterocycles. The normalized spacial score (nSPS) is 23.9. The van der Waals surface area contributed by atoms with Gasteiger partial charge in [0.25, 0.3) is 0 Å². The molecule has 0 spiro atoms. The first-order chi connectivity index (χ1) is 15.4. The Morgan fingerprint density at radius 1 is 1.09 bits per heavy atom. The Labute approximate surface area is 192 Å². The average Bonchev–Trinajstić information content (AvgIpc) is 3.28. The van der Waals surface area contributed by atoms with Crippen LogP contribution in [0, 0.1) is 0 Å². The molecule has 8 heteroatoms. The van der Waals surface area contributed by atoms with Crippen LogP contribution in [0.1, 0.15) is 17.5 Å². The second-order valence-corrected chi connectivity index (χ2v) is 11.8. The minimum atomic E-state index is -2.94. The summed E-state index contributed by atoms with van der Waals surface area (Å²) in [6.07, 6.45) is 3.42. The summed E-state index contributed by atoms with van der Waals surface area (Å²) in [5.74, 6) is 0.491. The van der Waals surface area contributed by atoms with E-state index in [4.69, 9.17) is 0 Å². The van der Waals surface area contributed by atoms with Crippen molar-refractivity contribution in [1.29, 1.82) is 0 Å². The Bertz CT molecular complexity index is 1170. The molecule has 0 aliphatic carbocycles. The Morgan fingerprint density at radius 2 is 1.88 bits per heavy atom. The second-order valence-electron chi connectivity index (χ2n) is 8.42. The van der Waals surface area contributed by atoms with E-state index >= 15 is 0 Å². The van der Waals surface area contributed by atoms with Crippen molar-refractivity contribution in [2.24, 2.45) is 4.99 Å². The molecule has 3 aliphatic heterocycles. The summed E-state index contributed by atoms with van der Waals surface area (Å²) in [5.41, 5.74) is 4.41. The van der Waals surface area contributed by atoms with E-state index in [1.54, 1.807) is 0 Å². The monoisotopic (exact) mass is 467 g/mol. The largest absolute Gasteiger partial charge is 0.338 e. The number of benzene rings is 2. The summed E-state index contributed by atoms with van der Waals surface area (Å²) in [5, 5.41) is 4.08. The van der Waals surface area contributed by atoms with Crippen LogP contribution in [0.15, 0.2) is 65.7 Å². The minimum absolute atomic E-state index is 0.0281. The van der Waals surface area contributed by atoms with Crippen molar-refractivity contribution in [2.45, 2.75) is 24.1 Å². The topological polar surface area (TPSA) is 78.8 Å². The molecule has 1 amide bonds. The molecule has 3 aliphatic rings. The van der Waals surface area contributed by atoms with Gasteiger partial charge in [-0.15, -0.1) is 0 Å². The predicted octanol–water partition coefficient (Wildman–Crippen LogP) is 3.23. The molecule has 6 nitrogen and oxygen atoms in total. The third-order valence-corrected chi connectivity index (χ3v) is 9.23. The summed E-state index contributed by atoms with van der Waals surface area (Å²) in [6.45, 7) is 1.39. The second kappa shape index (κ2) is 8.75. The maximum absolute atomic E-state index is 12.7. The van der Waals surface area contributed by atoms with Gasteiger partial charge in [-0.05, 0) is 35.3 Å². The zero-order valence-electron chi connectivity index (χ0n) is 17.6. The minimum Gasteiger partial charge on any atom is -0.338 e. The molecule has 166 valence electrons. The van der Waals surface area contributed by atoms with Crippen LogP contribution >= 0.6 is 11.8 Å². The Morgan fingerprint density at radius 3 is 2.56 bits per heavy atom. The van der Waals surface area contributed by atoms with Gasteiger partial charge in [-0.3, -0.25) is 9.79 Å². The van der Waals surface area contributed by atoms with Gasteiger partial charge in [0.05, 0.1) is 24.0 Å². The van der Waals surface area contributed by atoms with Crippen LogP contribution < -0.4 is 5.32 Å². The lowest BCUT2D eigenvalue weighted by Crippen LogP contribution is -2.35. The van der Waals surface area contributed by atoms with Crippen molar-refractivity contribution in [3.63, 3.8) is 0 Å². The predicted molar refractivity (Wildman–Crippen MR) is 131 cm³/mol. The van der Waals surface area contributed by atoms with Gasteiger partial charge in [0.15, 0.2) is 15.0 Å². The number of carbonyl (C=O) groups is 1. The summed E-state index contributed by atoms with van der Waals surface area (Å²) >= 11 is 1.50. The number of thioether (sulfide) groups is 1. The summed E-state index contributed by atoms with van der Waals surface area (Å²) < 4.78 is 23.4. The molecule has 3 heterocycles. The van der Waals surface area contributed by atoms with Gasteiger partial charge in [0.2, 0.25) is 5.91 Å². The Kier molecular flexibility index (Phi) is 5.82. The van der Waals surface area contributed by atoms with Crippen molar-refractivity contribution >= 4 is 43.9 Å². The number of carbonyl (C=O) groups excluding carboxylic acids is 1. The van der Waals surface area contributed by atoms with E-state index in [0.29, 0.717) is 13.0 Å². The van der Waals surface area contributed by atoms with Crippen molar-refractivity contribution in [3.05, 3.63) is 71.8 Å². The highest BCUT2D eigenvalue weighted by atomic mass is 32.2. The molecular weight excluding hydrogens is 442 g/mol. The SMILES string of the molecule is O=C(Cc1ccc(NC2=NC3CS(=O)(=O)CC3S2)cc1)N1CC=C(c2ccccc2)CC1. The van der Waals surface area contributed by atoms with E-state index in [0.717, 1.165) is 29.4 Å². The number of fused-ring (bicyclic) bond motifs is 1. The molecule has 2 aromatic carbocycles. The molecule has 2 unspecified atom stereocenters. The molecule has 0 bridgehead atoms. The zero-order valence-corrected chi connectivity index (χ0v) is 19.2. The van der Waals surface area contributed by atoms with E-state index in [1.807, 2.05) is 47.4 Å². The maximum atomic E-state index is 12.7. The van der Waals surface area contributed by atoms with Crippen molar-refractivity contribution in [3.8, 4) is 0 Å². The number of amides is 1. The van der Waals surface area contributed by atoms with Crippen LogP contribution in [0.4, 0.5) is 5.69 Å². The van der Waals surface area contributed by atoms with Gasteiger partial charge in [-0.25, -0.2) is 8.42 Å². The first-order valence-corrected chi connectivity index (χ1v) is 13.5. The maximum Gasteiger partial charge on any atom is 0.227 e. The third kappa shape index (κ3) is 4.76. The molecule has 32 heavy (non-hydrogen) atoms. The fourth-order valence-electron chi connectivity index (χ4n) is 4.34. The summed E-state index contributed by atoms with van der Waals surface area (Å²) in [6, 6.07) is 18.0. The molecule has 2 atom stereocenters. The molecule has 0 radical (unpaired) electrons. The average molecular weight is 468 g/mol. The summed E-state index contributed by atoms with van der Waals surface area (Å²) in [4.78, 5) is 19.2. The van der Waals surface area contributed by atoms with Gasteiger partial charge < -0.3 is 10.2 Å². The van der Waals surface area contributed by atoms with Crippen LogP contribution in [0.25, 0.3) is 5.57 Å². The van der Waals surface area contributed by atoms with Crippen LogP contribution in [-0.4, -0.2) is 60.3 Å². The summed E-state index contributed by atoms with van der Waals surface area (Å²) in [7, 11) is -2.94. The van der Waals surface area contributed by atoms with Gasteiger partial charge in [-0.1, -0.05) is 60.3 Å². The van der Waals surface area contributed by atoms with E-state index in [2.05, 4.69) is 28.5 Å². The number of hydrogen-bond acceptors (Lipinski definition) is 6. The molecule has 0 saturated carbocycles. The number of amidine groups is 1. The number of rotatable bonds is 4. The smallest absolute Gasteiger partial charge is 0.227 e.